The smallest absolute Gasteiger partial charge is 0.340 e. The highest BCUT2D eigenvalue weighted by molar-refractivity contribution is 7.90. The number of carbonyl (C=O) groups excluding carboxylic acids is 2. The minimum absolute atomic E-state index is 0.0348. The van der Waals surface area contributed by atoms with Crippen molar-refractivity contribution in [1.82, 2.24) is 4.90 Å². The van der Waals surface area contributed by atoms with E-state index in [4.69, 9.17) is 16.3 Å². The van der Waals surface area contributed by atoms with Crippen molar-refractivity contribution in [3.05, 3.63) is 28.8 Å². The highest BCUT2D eigenvalue weighted by Crippen LogP contribution is 2.22. The van der Waals surface area contributed by atoms with Crippen molar-refractivity contribution in [1.29, 1.82) is 0 Å². The van der Waals surface area contributed by atoms with E-state index in [0.29, 0.717) is 13.1 Å². The van der Waals surface area contributed by atoms with Crippen LogP contribution in [-0.4, -0.2) is 50.6 Å². The van der Waals surface area contributed by atoms with Crippen LogP contribution >= 0.6 is 11.6 Å². The summed E-state index contributed by atoms with van der Waals surface area (Å²) in [6, 6.07) is 3.79. The number of rotatable bonds is 4. The van der Waals surface area contributed by atoms with E-state index in [2.05, 4.69) is 0 Å². The molecule has 1 aromatic carbocycles. The van der Waals surface area contributed by atoms with Gasteiger partial charge in [-0.15, -0.1) is 0 Å². The summed E-state index contributed by atoms with van der Waals surface area (Å²) in [4.78, 5) is 26.0. The van der Waals surface area contributed by atoms with Crippen LogP contribution in [0.15, 0.2) is 23.1 Å². The Morgan fingerprint density at radius 1 is 1.26 bits per heavy atom. The summed E-state index contributed by atoms with van der Waals surface area (Å²) in [6.07, 6.45) is 1.97. The van der Waals surface area contributed by atoms with Gasteiger partial charge in [0, 0.05) is 19.3 Å². The second-order valence-electron chi connectivity index (χ2n) is 5.49. The summed E-state index contributed by atoms with van der Waals surface area (Å²) in [5.74, 6) is -1.08. The highest BCUT2D eigenvalue weighted by atomic mass is 35.5. The number of nitrogens with zero attached hydrogens (tertiary/aromatic N) is 1. The molecular formula is C15H18ClNO5S. The van der Waals surface area contributed by atoms with Gasteiger partial charge in [0.1, 0.15) is 0 Å². The Morgan fingerprint density at radius 3 is 2.43 bits per heavy atom. The van der Waals surface area contributed by atoms with E-state index in [1.54, 1.807) is 4.90 Å². The molecule has 0 N–H and O–H groups in total. The Morgan fingerprint density at radius 2 is 1.87 bits per heavy atom. The molecule has 8 heteroatoms. The zero-order valence-corrected chi connectivity index (χ0v) is 14.5. The Kier molecular flexibility index (Phi) is 5.31. The molecule has 1 aliphatic heterocycles. The fraction of sp³-hybridized carbons (Fsp3) is 0.467. The number of carbonyl (C=O) groups is 2. The van der Waals surface area contributed by atoms with Crippen LogP contribution in [0.3, 0.4) is 0 Å². The third kappa shape index (κ3) is 4.23. The number of hydrogen-bond donors (Lipinski definition) is 0. The second kappa shape index (κ2) is 6.88. The van der Waals surface area contributed by atoms with Crippen molar-refractivity contribution < 1.29 is 22.7 Å². The zero-order valence-electron chi connectivity index (χ0n) is 12.9. The molecule has 6 nitrogen and oxygen atoms in total. The molecular weight excluding hydrogens is 342 g/mol. The number of sulfone groups is 1. The lowest BCUT2D eigenvalue weighted by Gasteiger charge is -2.20. The van der Waals surface area contributed by atoms with Crippen LogP contribution in [0, 0.1) is 0 Å². The van der Waals surface area contributed by atoms with Gasteiger partial charge in [-0.05, 0) is 38.0 Å². The van der Waals surface area contributed by atoms with Crippen LogP contribution in [-0.2, 0) is 19.4 Å². The molecule has 0 unspecified atom stereocenters. The molecule has 1 fully saturated rings. The number of amides is 1. The molecule has 1 aliphatic rings. The van der Waals surface area contributed by atoms with Gasteiger partial charge in [-0.2, -0.15) is 0 Å². The van der Waals surface area contributed by atoms with E-state index in [9.17, 15) is 18.0 Å². The first-order valence-corrected chi connectivity index (χ1v) is 9.46. The Bertz CT molecular complexity index is 725. The normalized spacial score (nSPS) is 16.2. The highest BCUT2D eigenvalue weighted by Gasteiger charge is 2.27. The first-order chi connectivity index (χ1) is 10.7. The molecule has 0 saturated carbocycles. The van der Waals surface area contributed by atoms with Crippen molar-refractivity contribution in [3.63, 3.8) is 0 Å². The average Bonchev–Trinajstić information content (AvgIpc) is 2.99. The van der Waals surface area contributed by atoms with Gasteiger partial charge in [-0.1, -0.05) is 11.6 Å². The molecule has 1 heterocycles. The molecule has 2 rings (SSSR count). The van der Waals surface area contributed by atoms with Gasteiger partial charge in [0.05, 0.1) is 15.5 Å². The molecule has 0 bridgehead atoms. The van der Waals surface area contributed by atoms with Crippen molar-refractivity contribution in [2.45, 2.75) is 30.8 Å². The van der Waals surface area contributed by atoms with Crippen LogP contribution in [0.1, 0.15) is 30.1 Å². The Labute approximate surface area is 140 Å². The molecule has 1 atom stereocenters. The molecule has 0 spiro atoms. The first-order valence-electron chi connectivity index (χ1n) is 7.19. The first kappa shape index (κ1) is 17.7. The van der Waals surface area contributed by atoms with Gasteiger partial charge in [0.2, 0.25) is 0 Å². The number of ether oxygens (including phenoxy) is 1. The van der Waals surface area contributed by atoms with Gasteiger partial charge in [0.15, 0.2) is 15.9 Å². The van der Waals surface area contributed by atoms with Gasteiger partial charge in [-0.3, -0.25) is 4.79 Å². The number of hydrogen-bond acceptors (Lipinski definition) is 5. The molecule has 0 radical (unpaired) electrons. The third-order valence-corrected chi connectivity index (χ3v) is 5.08. The van der Waals surface area contributed by atoms with E-state index in [-0.39, 0.29) is 21.4 Å². The maximum Gasteiger partial charge on any atom is 0.340 e. The summed E-state index contributed by atoms with van der Waals surface area (Å²) in [5.41, 5.74) is -0.0735. The largest absolute Gasteiger partial charge is 0.449 e. The van der Waals surface area contributed by atoms with Gasteiger partial charge >= 0.3 is 5.97 Å². The number of halogens is 1. The van der Waals surface area contributed by atoms with Crippen molar-refractivity contribution in [3.8, 4) is 0 Å². The Hall–Kier alpha value is -1.60. The monoisotopic (exact) mass is 359 g/mol. The molecule has 0 aliphatic carbocycles. The van der Waals surface area contributed by atoms with Gasteiger partial charge in [0.25, 0.3) is 5.91 Å². The van der Waals surface area contributed by atoms with Crippen molar-refractivity contribution in [2.24, 2.45) is 0 Å². The van der Waals surface area contributed by atoms with E-state index < -0.39 is 21.9 Å². The SMILES string of the molecule is C[C@@H](OC(=O)c1cc(S(C)(=O)=O)ccc1Cl)C(=O)N1CCCC1. The molecule has 1 amide bonds. The van der Waals surface area contributed by atoms with Crippen LogP contribution in [0.25, 0.3) is 0 Å². The van der Waals surface area contributed by atoms with Crippen LogP contribution in [0.5, 0.6) is 0 Å². The minimum Gasteiger partial charge on any atom is -0.449 e. The summed E-state index contributed by atoms with van der Waals surface area (Å²) in [7, 11) is -3.48. The van der Waals surface area contributed by atoms with Gasteiger partial charge < -0.3 is 9.64 Å². The van der Waals surface area contributed by atoms with Crippen LogP contribution in [0.4, 0.5) is 0 Å². The minimum atomic E-state index is -3.48. The van der Waals surface area contributed by atoms with E-state index in [1.165, 1.54) is 19.1 Å². The standard InChI is InChI=1S/C15H18ClNO5S/c1-10(14(18)17-7-3-4-8-17)22-15(19)12-9-11(23(2,20)21)5-6-13(12)16/h5-6,9-10H,3-4,7-8H2,1-2H3/t10-/m1/s1. The maximum atomic E-state index is 12.2. The number of likely N-dealkylation sites (tertiary alicyclic amines) is 1. The van der Waals surface area contributed by atoms with E-state index in [0.717, 1.165) is 25.2 Å². The quantitative estimate of drug-likeness (QED) is 0.767. The van der Waals surface area contributed by atoms with E-state index >= 15 is 0 Å². The van der Waals surface area contributed by atoms with Crippen LogP contribution in [0.2, 0.25) is 5.02 Å². The molecule has 1 aromatic rings. The van der Waals surface area contributed by atoms with Crippen LogP contribution < -0.4 is 0 Å². The van der Waals surface area contributed by atoms with E-state index in [1.807, 2.05) is 0 Å². The maximum absolute atomic E-state index is 12.2. The summed E-state index contributed by atoms with van der Waals surface area (Å²) in [6.45, 7) is 2.81. The number of benzene rings is 1. The molecule has 0 aromatic heterocycles. The zero-order chi connectivity index (χ0) is 17.2. The lowest BCUT2D eigenvalue weighted by molar-refractivity contribution is -0.138. The molecule has 23 heavy (non-hydrogen) atoms. The van der Waals surface area contributed by atoms with Crippen molar-refractivity contribution >= 4 is 33.3 Å². The fourth-order valence-corrected chi connectivity index (χ4v) is 3.20. The predicted molar refractivity (Wildman–Crippen MR) is 85.3 cm³/mol. The predicted octanol–water partition coefficient (Wildman–Crippen LogP) is 1.91. The summed E-state index contributed by atoms with van der Waals surface area (Å²) >= 11 is 5.94. The van der Waals surface area contributed by atoms with Crippen molar-refractivity contribution in [2.75, 3.05) is 19.3 Å². The molecule has 1 saturated heterocycles. The fourth-order valence-electron chi connectivity index (χ4n) is 2.36. The summed E-state index contributed by atoms with van der Waals surface area (Å²) in [5, 5.41) is 0.0724. The lowest BCUT2D eigenvalue weighted by Crippen LogP contribution is -2.38. The topological polar surface area (TPSA) is 80.8 Å². The Balaban J connectivity index is 2.15. The lowest BCUT2D eigenvalue weighted by atomic mass is 10.2. The number of esters is 1. The summed E-state index contributed by atoms with van der Waals surface area (Å²) < 4.78 is 28.3. The average molecular weight is 360 g/mol. The van der Waals surface area contributed by atoms with Gasteiger partial charge in [-0.25, -0.2) is 13.2 Å². The third-order valence-electron chi connectivity index (χ3n) is 3.64. The second-order valence-corrected chi connectivity index (χ2v) is 7.92. The molecule has 126 valence electrons.